The first-order chi connectivity index (χ1) is 35.5. The van der Waals surface area contributed by atoms with Gasteiger partial charge in [-0.05, 0) is 193 Å². The van der Waals surface area contributed by atoms with Gasteiger partial charge < -0.3 is 24.1 Å². The molecule has 17 nitrogen and oxygen atoms in total. The molecule has 0 aromatic carbocycles. The van der Waals surface area contributed by atoms with Crippen molar-refractivity contribution in [3.8, 4) is 0 Å². The molecule has 4 aliphatic heterocycles. The highest BCUT2D eigenvalue weighted by Crippen LogP contribution is 2.75. The van der Waals surface area contributed by atoms with Crippen molar-refractivity contribution in [1.29, 1.82) is 0 Å². The molecule has 19 heteroatoms. The van der Waals surface area contributed by atoms with Crippen LogP contribution in [0.5, 0.6) is 0 Å². The Balaban J connectivity index is 0.000000162. The van der Waals surface area contributed by atoms with Gasteiger partial charge >= 0.3 is 32.7 Å². The van der Waals surface area contributed by atoms with E-state index in [1.54, 1.807) is 19.1 Å². The third-order valence-corrected chi connectivity index (χ3v) is 24.6. The van der Waals surface area contributed by atoms with Crippen LogP contribution >= 0.6 is 0 Å². The summed E-state index contributed by atoms with van der Waals surface area (Å²) in [5, 5.41) is 10.9. The van der Waals surface area contributed by atoms with Gasteiger partial charge in [0, 0.05) is 18.4 Å². The first kappa shape index (κ1) is 54.8. The second-order valence-corrected chi connectivity index (χ2v) is 28.4. The molecule has 0 aromatic rings. The number of esters is 2. The lowest BCUT2D eigenvalue weighted by Gasteiger charge is -2.58. The summed E-state index contributed by atoms with van der Waals surface area (Å²) in [6, 6.07) is 0. The van der Waals surface area contributed by atoms with Crippen molar-refractivity contribution >= 4 is 44.3 Å². The highest BCUT2D eigenvalue weighted by Gasteiger charge is 2.82. The molecule has 12 rings (SSSR count). The zero-order chi connectivity index (χ0) is 54.8. The van der Waals surface area contributed by atoms with Gasteiger partial charge in [-0.1, -0.05) is 45.8 Å². The summed E-state index contributed by atoms with van der Waals surface area (Å²) in [5.41, 5.74) is -0.508. The Morgan fingerprint density at radius 3 is 1.58 bits per heavy atom. The van der Waals surface area contributed by atoms with Crippen LogP contribution in [0.3, 0.4) is 0 Å². The molecule has 0 bridgehead atoms. The lowest BCUT2D eigenvalue weighted by atomic mass is 9.44. The summed E-state index contributed by atoms with van der Waals surface area (Å²) in [4.78, 5) is 52.3. The minimum Gasteiger partial charge on any atom is -0.458 e. The summed E-state index contributed by atoms with van der Waals surface area (Å²) in [6.45, 7) is 18.4. The lowest BCUT2D eigenvalue weighted by Crippen LogP contribution is -2.64. The number of cyclic esters (lactones) is 2. The number of ketones is 2. The SMILES string of the molecule is CC1=C(COS(=O)(=O)O)C(=O)OC([C@@H](C)C2CCC3C4C[C@H]5O[C@]56[C@@H](O)C=CC(=O)[C@]6(C)C4CC[C@@]32C)C1.CCC1=C(C)CC([C@@H](C)C2CCC3C4C[C@H]5O[C@]56[C@@H](OS(=O)(=O)O)C=CC(=O)[C@]6(C)C4CC[C@@]32C)OC1=O. The zero-order valence-corrected chi connectivity index (χ0v) is 47.0. The van der Waals surface area contributed by atoms with Crippen LogP contribution in [0.4, 0.5) is 0 Å². The van der Waals surface area contributed by atoms with Crippen molar-refractivity contribution in [1.82, 2.24) is 0 Å². The van der Waals surface area contributed by atoms with Crippen molar-refractivity contribution in [3.05, 3.63) is 46.6 Å². The van der Waals surface area contributed by atoms with E-state index in [9.17, 15) is 45.7 Å². The van der Waals surface area contributed by atoms with E-state index in [-0.39, 0.29) is 87.9 Å². The minimum atomic E-state index is -4.71. The minimum absolute atomic E-state index is 0.0381. The van der Waals surface area contributed by atoms with E-state index in [0.29, 0.717) is 42.4 Å². The Morgan fingerprint density at radius 2 is 1.11 bits per heavy atom. The molecular weight excluding hydrogens is 1020 g/mol. The molecule has 10 unspecified atom stereocenters. The molecule has 8 fully saturated rings. The molecule has 2 spiro atoms. The molecule has 420 valence electrons. The van der Waals surface area contributed by atoms with E-state index >= 15 is 0 Å². The number of allylic oxidation sites excluding steroid dienone is 2. The predicted octanol–water partition coefficient (Wildman–Crippen LogP) is 7.78. The number of hydrogen-bond donors (Lipinski definition) is 3. The molecule has 0 radical (unpaired) electrons. The molecule has 3 N–H and O–H groups in total. The number of aliphatic hydroxyl groups excluding tert-OH is 1. The summed E-state index contributed by atoms with van der Waals surface area (Å²) in [7, 11) is -9.36. The van der Waals surface area contributed by atoms with Gasteiger partial charge in [0.05, 0.1) is 28.6 Å². The number of ether oxygens (including phenoxy) is 4. The number of rotatable bonds is 10. The Kier molecular flexibility index (Phi) is 13.1. The standard InChI is InChI=1S/C29H40O8S.C28H38O9S/c1-6-17-15(2)13-22(35-26(17)31)16(3)19-7-8-20-18-14-25-29(36-25)24(37-38(32,33)34)10-9-23(30)28(29,5)21(18)11-12-27(19,20)4;1-14-11-21(36-25(31)17(14)13-35-38(32,33)34)15(2)18-5-6-19-16-12-24-28(37-24)23(30)8-7-22(29)27(28,4)20(16)9-10-26(18,19)3/h9-10,16,18-22,24-25H,6-8,11-14H2,1-5H3,(H,32,33,34);7-8,15-16,18-21,23-24,30H,5-6,9-13H2,1-4H3,(H,32,33,34)/t16-,18?,19?,20?,21?,22?,24-,25+,27+,28-,29+;15-,16?,18?,19?,20?,21?,23-,24+,26+,27-,28+/m00/s1. The highest BCUT2D eigenvalue weighted by atomic mass is 32.3. The monoisotopic (exact) mass is 1100 g/mol. The van der Waals surface area contributed by atoms with Crippen LogP contribution in [-0.2, 0) is 67.3 Å². The smallest absolute Gasteiger partial charge is 0.398 e. The van der Waals surface area contributed by atoms with Gasteiger partial charge in [0.1, 0.15) is 42.2 Å². The Morgan fingerprint density at radius 1 is 0.645 bits per heavy atom. The first-order valence-corrected chi connectivity index (χ1v) is 30.8. The van der Waals surface area contributed by atoms with Crippen LogP contribution in [0.1, 0.15) is 146 Å². The highest BCUT2D eigenvalue weighted by molar-refractivity contribution is 7.81. The second-order valence-electron chi connectivity index (χ2n) is 26.3. The molecule has 8 aliphatic carbocycles. The maximum Gasteiger partial charge on any atom is 0.398 e. The number of fused-ring (bicyclic) bond motifs is 8. The number of hydrogen-bond acceptors (Lipinski definition) is 15. The Hall–Kier alpha value is -3.14. The van der Waals surface area contributed by atoms with Gasteiger partial charge in [-0.25, -0.2) is 18.0 Å². The van der Waals surface area contributed by atoms with Crippen molar-refractivity contribution in [2.75, 3.05) is 6.61 Å². The summed E-state index contributed by atoms with van der Waals surface area (Å²) in [5.74, 6) is 2.05. The van der Waals surface area contributed by atoms with Crippen LogP contribution in [0, 0.1) is 80.8 Å². The van der Waals surface area contributed by atoms with E-state index in [4.69, 9.17) is 27.7 Å². The van der Waals surface area contributed by atoms with Gasteiger partial charge in [0.2, 0.25) is 0 Å². The molecule has 6 saturated carbocycles. The van der Waals surface area contributed by atoms with Crippen LogP contribution in [0.25, 0.3) is 0 Å². The van der Waals surface area contributed by atoms with Crippen molar-refractivity contribution in [2.45, 2.75) is 194 Å². The number of epoxide rings is 2. The fourth-order valence-corrected chi connectivity index (χ4v) is 20.7. The average molecular weight is 1100 g/mol. The van der Waals surface area contributed by atoms with E-state index < -0.39 is 67.6 Å². The van der Waals surface area contributed by atoms with Crippen LogP contribution < -0.4 is 0 Å². The average Bonchev–Trinajstić information content (AvgIpc) is 4.19. The van der Waals surface area contributed by atoms with Crippen LogP contribution in [-0.4, -0.2) is 109 Å². The van der Waals surface area contributed by atoms with Crippen LogP contribution in [0.2, 0.25) is 0 Å². The van der Waals surface area contributed by atoms with E-state index in [2.05, 4.69) is 38.8 Å². The molecule has 22 atom stereocenters. The fourth-order valence-electron chi connectivity index (χ4n) is 20.0. The molecule has 2 saturated heterocycles. The lowest BCUT2D eigenvalue weighted by molar-refractivity contribution is -0.156. The fraction of sp³-hybridized carbons (Fsp3) is 0.789. The van der Waals surface area contributed by atoms with E-state index in [1.807, 2.05) is 20.8 Å². The summed E-state index contributed by atoms with van der Waals surface area (Å²) in [6.07, 6.45) is 15.0. The molecule has 76 heavy (non-hydrogen) atoms. The number of carbonyl (C=O) groups excluding carboxylic acids is 4. The molecule has 4 heterocycles. The van der Waals surface area contributed by atoms with Gasteiger partial charge in [-0.15, -0.1) is 0 Å². The number of aliphatic hydroxyl groups is 1. The van der Waals surface area contributed by atoms with Gasteiger partial charge in [-0.2, -0.15) is 16.8 Å². The number of carbonyl (C=O) groups is 4. The normalized spacial score (nSPS) is 48.5. The Labute approximate surface area is 447 Å². The topological polar surface area (TPSA) is 259 Å². The predicted molar refractivity (Wildman–Crippen MR) is 273 cm³/mol. The molecule has 0 aromatic heterocycles. The summed E-state index contributed by atoms with van der Waals surface area (Å²) >= 11 is 0. The van der Waals surface area contributed by atoms with Crippen molar-refractivity contribution < 1.29 is 77.5 Å². The van der Waals surface area contributed by atoms with Crippen molar-refractivity contribution in [3.63, 3.8) is 0 Å². The third kappa shape index (κ3) is 7.85. The van der Waals surface area contributed by atoms with Gasteiger partial charge in [0.15, 0.2) is 11.6 Å². The molecule has 12 aliphatic rings. The van der Waals surface area contributed by atoms with Gasteiger partial charge in [0.25, 0.3) is 0 Å². The summed E-state index contributed by atoms with van der Waals surface area (Å²) < 4.78 is 97.3. The Bertz CT molecular complexity index is 2860. The third-order valence-electron chi connectivity index (χ3n) is 23.8. The van der Waals surface area contributed by atoms with Gasteiger partial charge in [-0.3, -0.25) is 18.7 Å². The molecular formula is C57H78O17S2. The zero-order valence-electron chi connectivity index (χ0n) is 45.3. The van der Waals surface area contributed by atoms with Crippen molar-refractivity contribution in [2.24, 2.45) is 80.8 Å². The first-order valence-electron chi connectivity index (χ1n) is 28.1. The van der Waals surface area contributed by atoms with E-state index in [1.165, 1.54) is 12.2 Å². The maximum absolute atomic E-state index is 13.5. The maximum atomic E-state index is 13.5. The quantitative estimate of drug-likeness (QED) is 0.107. The van der Waals surface area contributed by atoms with Crippen LogP contribution in [0.15, 0.2) is 46.6 Å². The van der Waals surface area contributed by atoms with E-state index in [0.717, 1.165) is 87.3 Å². The largest absolute Gasteiger partial charge is 0.458 e. The molecule has 0 amide bonds. The second kappa shape index (κ2) is 18.2.